The van der Waals surface area contributed by atoms with Crippen molar-refractivity contribution in [3.63, 3.8) is 0 Å². The van der Waals surface area contributed by atoms with Gasteiger partial charge in [-0.1, -0.05) is 12.1 Å². The first-order valence-electron chi connectivity index (χ1n) is 20.3. The number of nitrogens with one attached hydrogen (secondary N) is 4. The Kier molecular flexibility index (Phi) is 16.4. The number of carbonyl (C=O) groups excluding carboxylic acids is 7. The zero-order valence-corrected chi connectivity index (χ0v) is 36.3. The van der Waals surface area contributed by atoms with E-state index >= 15 is 0 Å². The van der Waals surface area contributed by atoms with Crippen molar-refractivity contribution in [3.05, 3.63) is 59.4 Å². The quantitative estimate of drug-likeness (QED) is 0.0703. The first kappa shape index (κ1) is 47.6. The number of benzene rings is 2. The Hall–Kier alpha value is -6.04. The van der Waals surface area contributed by atoms with E-state index in [9.17, 15) is 33.6 Å². The fourth-order valence-electron chi connectivity index (χ4n) is 6.53. The third-order valence-corrected chi connectivity index (χ3v) is 9.43. The van der Waals surface area contributed by atoms with Gasteiger partial charge in [0.25, 0.3) is 5.91 Å². The smallest absolute Gasteiger partial charge is 0.308 e. The summed E-state index contributed by atoms with van der Waals surface area (Å²) in [4.78, 5) is 102. The Balaban J connectivity index is 1.42. The average molecular weight is 849 g/mol. The molecule has 61 heavy (non-hydrogen) atoms. The molecule has 0 fully saturated rings. The number of H-pyrrole nitrogens is 1. The van der Waals surface area contributed by atoms with E-state index < -0.39 is 59.0 Å². The lowest BCUT2D eigenvalue weighted by Gasteiger charge is -2.25. The molecular weight excluding hydrogens is 789 g/mol. The fraction of sp³-hybridized carbons (Fsp3) is 0.535. The number of anilines is 1. The molecule has 1 aliphatic heterocycles. The van der Waals surface area contributed by atoms with Crippen LogP contribution in [0.5, 0.6) is 0 Å². The van der Waals surface area contributed by atoms with Crippen molar-refractivity contribution in [1.29, 1.82) is 0 Å². The molecule has 2 aromatic carbocycles. The number of nitrogens with zero attached hydrogens (tertiary/aromatic N) is 3. The van der Waals surface area contributed by atoms with Crippen LogP contribution in [0, 0.1) is 0 Å². The normalized spacial score (nSPS) is 15.1. The maximum Gasteiger partial charge on any atom is 0.308 e. The van der Waals surface area contributed by atoms with Crippen LogP contribution >= 0.6 is 0 Å². The fourth-order valence-corrected chi connectivity index (χ4v) is 6.53. The van der Waals surface area contributed by atoms with Crippen LogP contribution < -0.4 is 21.7 Å². The number of aromatic amines is 1. The number of methoxy groups -OCH3 is 1. The molecule has 3 atom stereocenters. The van der Waals surface area contributed by atoms with E-state index in [2.05, 4.69) is 25.9 Å². The van der Waals surface area contributed by atoms with Gasteiger partial charge >= 0.3 is 17.9 Å². The Morgan fingerprint density at radius 3 is 2.23 bits per heavy atom. The molecule has 3 aromatic rings. The number of fused-ring (bicyclic) bond motifs is 2. The number of rotatable bonds is 18. The van der Waals surface area contributed by atoms with Crippen LogP contribution in [0.1, 0.15) is 102 Å². The van der Waals surface area contributed by atoms with Gasteiger partial charge < -0.3 is 50.7 Å². The summed E-state index contributed by atoms with van der Waals surface area (Å²) in [6, 6.07) is 9.36. The van der Waals surface area contributed by atoms with Gasteiger partial charge in [0.15, 0.2) is 0 Å². The molecule has 4 rings (SSSR count). The van der Waals surface area contributed by atoms with Crippen molar-refractivity contribution in [2.45, 2.75) is 122 Å². The number of hydrogen-bond acceptors (Lipinski definition) is 13. The molecule has 0 unspecified atom stereocenters. The van der Waals surface area contributed by atoms with Gasteiger partial charge in [0, 0.05) is 50.8 Å². The van der Waals surface area contributed by atoms with Gasteiger partial charge in [0.05, 0.1) is 37.2 Å². The first-order valence-corrected chi connectivity index (χ1v) is 20.3. The van der Waals surface area contributed by atoms with Crippen LogP contribution in [-0.2, 0) is 56.1 Å². The van der Waals surface area contributed by atoms with Crippen molar-refractivity contribution in [2.24, 2.45) is 5.73 Å². The van der Waals surface area contributed by atoms with Crippen molar-refractivity contribution >= 4 is 58.3 Å². The second-order valence-electron chi connectivity index (χ2n) is 17.0. The van der Waals surface area contributed by atoms with Gasteiger partial charge in [0.2, 0.25) is 17.7 Å². The summed E-state index contributed by atoms with van der Waals surface area (Å²) in [5, 5.41) is 8.53. The summed E-state index contributed by atoms with van der Waals surface area (Å²) in [6.07, 6.45) is -0.411. The molecule has 18 heteroatoms. The van der Waals surface area contributed by atoms with Gasteiger partial charge in [-0.05, 0) is 96.7 Å². The minimum atomic E-state index is -1.17. The number of ether oxygens (including phenoxy) is 3. The lowest BCUT2D eigenvalue weighted by Crippen LogP contribution is -2.52. The van der Waals surface area contributed by atoms with Gasteiger partial charge in [-0.25, -0.2) is 4.98 Å². The number of amides is 4. The summed E-state index contributed by atoms with van der Waals surface area (Å²) in [7, 11) is 2.91. The van der Waals surface area contributed by atoms with Gasteiger partial charge in [-0.15, -0.1) is 0 Å². The topological polar surface area (TPSA) is 244 Å². The minimum absolute atomic E-state index is 0.0329. The SMILES string of the molecule is COC(=O)C[C@H]1Nc2ccc(C(=O)N(C)Cc3nc4ccccc4[nH]3)cc2CN(CCCNC(=O)[C@H](CCC(=O)OC(C)(C)C)NC(=O)[C@H](N)CCC(=O)OC(C)(C)C)C1=O. The van der Waals surface area contributed by atoms with E-state index in [1.165, 1.54) is 16.9 Å². The average Bonchev–Trinajstić information content (AvgIpc) is 3.54. The summed E-state index contributed by atoms with van der Waals surface area (Å²) in [5.74, 6) is -2.99. The van der Waals surface area contributed by atoms with E-state index in [1.807, 2.05) is 24.3 Å². The molecule has 0 radical (unpaired) electrons. The van der Waals surface area contributed by atoms with Gasteiger partial charge in [-0.3, -0.25) is 33.6 Å². The van der Waals surface area contributed by atoms with Crippen LogP contribution in [0.4, 0.5) is 5.69 Å². The molecule has 18 nitrogen and oxygen atoms in total. The molecule has 0 bridgehead atoms. The number of nitrogens with two attached hydrogens (primary N) is 1. The monoisotopic (exact) mass is 848 g/mol. The number of imidazole rings is 1. The largest absolute Gasteiger partial charge is 0.469 e. The molecule has 4 amide bonds. The molecule has 0 aliphatic carbocycles. The van der Waals surface area contributed by atoms with Crippen molar-refractivity contribution < 1.29 is 47.8 Å². The number of hydrogen-bond donors (Lipinski definition) is 5. The van der Waals surface area contributed by atoms with E-state index in [1.54, 1.807) is 66.8 Å². The maximum atomic E-state index is 13.9. The van der Waals surface area contributed by atoms with E-state index in [-0.39, 0.29) is 76.5 Å². The van der Waals surface area contributed by atoms with Crippen LogP contribution in [0.15, 0.2) is 42.5 Å². The van der Waals surface area contributed by atoms with Crippen LogP contribution in [0.2, 0.25) is 0 Å². The number of aromatic nitrogens is 2. The van der Waals surface area contributed by atoms with Gasteiger partial charge in [-0.2, -0.15) is 0 Å². The summed E-state index contributed by atoms with van der Waals surface area (Å²) in [6.45, 7) is 10.8. The van der Waals surface area contributed by atoms with E-state index in [4.69, 9.17) is 19.9 Å². The highest BCUT2D eigenvalue weighted by Gasteiger charge is 2.32. The third kappa shape index (κ3) is 14.9. The predicted molar refractivity (Wildman–Crippen MR) is 225 cm³/mol. The Morgan fingerprint density at radius 2 is 1.59 bits per heavy atom. The zero-order chi connectivity index (χ0) is 45.1. The van der Waals surface area contributed by atoms with Crippen molar-refractivity contribution in [3.8, 4) is 0 Å². The summed E-state index contributed by atoms with van der Waals surface area (Å²) < 4.78 is 15.5. The predicted octanol–water partition coefficient (Wildman–Crippen LogP) is 3.08. The molecule has 1 aliphatic rings. The Morgan fingerprint density at radius 1 is 0.934 bits per heavy atom. The highest BCUT2D eigenvalue weighted by Crippen LogP contribution is 2.27. The Bertz CT molecular complexity index is 2040. The standard InChI is InChI=1S/C43H60N8O10/c1-42(2,3)60-35(52)18-15-28(44)38(55)49-32(17-19-36(53)61-43(4,5)6)39(56)45-20-11-21-51-24-27-22-26(14-16-29(27)46-33(41(51)58)23-37(54)59-8)40(57)50(7)25-34-47-30-12-9-10-13-31(30)48-34/h9-10,12-14,16,22,28,32-33,46H,11,15,17-21,23-25,44H2,1-8H3,(H,45,56)(H,47,48)(H,49,55)/t28-,32+,33-/m1/s1. The van der Waals surface area contributed by atoms with Crippen LogP contribution in [0.3, 0.4) is 0 Å². The van der Waals surface area contributed by atoms with Crippen LogP contribution in [0.25, 0.3) is 11.0 Å². The van der Waals surface area contributed by atoms with Gasteiger partial charge in [0.1, 0.15) is 29.1 Å². The molecule has 0 saturated heterocycles. The molecule has 0 spiro atoms. The molecule has 332 valence electrons. The lowest BCUT2D eigenvalue weighted by atomic mass is 10.1. The third-order valence-electron chi connectivity index (χ3n) is 9.43. The number of carbonyl (C=O) groups is 7. The molecule has 2 heterocycles. The second kappa shape index (κ2) is 21.0. The second-order valence-corrected chi connectivity index (χ2v) is 17.0. The van der Waals surface area contributed by atoms with Crippen molar-refractivity contribution in [1.82, 2.24) is 30.4 Å². The lowest BCUT2D eigenvalue weighted by molar-refractivity contribution is -0.156. The minimum Gasteiger partial charge on any atom is -0.469 e. The first-order chi connectivity index (χ1) is 28.6. The van der Waals surface area contributed by atoms with Crippen LogP contribution in [-0.4, -0.2) is 118 Å². The summed E-state index contributed by atoms with van der Waals surface area (Å²) >= 11 is 0. The van der Waals surface area contributed by atoms with E-state index in [0.29, 0.717) is 22.6 Å². The van der Waals surface area contributed by atoms with Crippen molar-refractivity contribution in [2.75, 3.05) is 32.6 Å². The zero-order valence-electron chi connectivity index (χ0n) is 36.3. The van der Waals surface area contributed by atoms with E-state index in [0.717, 1.165) is 11.0 Å². The molecular formula is C43H60N8O10. The number of para-hydroxylation sites is 2. The maximum absolute atomic E-state index is 13.9. The Labute approximate surface area is 356 Å². The molecule has 0 saturated carbocycles. The molecule has 1 aromatic heterocycles. The molecule has 6 N–H and O–H groups in total. The highest BCUT2D eigenvalue weighted by molar-refractivity contribution is 5.96. The number of esters is 3. The summed E-state index contributed by atoms with van der Waals surface area (Å²) in [5.41, 5.74) is 7.85. The highest BCUT2D eigenvalue weighted by atomic mass is 16.6.